The molecule has 1 saturated heterocycles. The quantitative estimate of drug-likeness (QED) is 0.637. The summed E-state index contributed by atoms with van der Waals surface area (Å²) in [6.07, 6.45) is 5.60. The zero-order chi connectivity index (χ0) is 15.7. The first-order valence-corrected chi connectivity index (χ1v) is 8.49. The van der Waals surface area contributed by atoms with Gasteiger partial charge in [0.2, 0.25) is 11.8 Å². The Bertz CT molecular complexity index is 687. The largest absolute Gasteiger partial charge is 0.494 e. The maximum Gasteiger partial charge on any atom is 0.238 e. The Morgan fingerprint density at radius 3 is 2.09 bits per heavy atom. The molecule has 2 bridgehead atoms. The number of benzene rings is 1. The van der Waals surface area contributed by atoms with Gasteiger partial charge in [-0.2, -0.15) is 0 Å². The van der Waals surface area contributed by atoms with E-state index in [9.17, 15) is 9.59 Å². The van der Waals surface area contributed by atoms with Gasteiger partial charge < -0.3 is 4.74 Å². The molecule has 0 aromatic heterocycles. The molecule has 3 fully saturated rings. The number of nitrogens with zero attached hydrogens (tertiary/aromatic N) is 1. The van der Waals surface area contributed by atoms with Crippen molar-refractivity contribution in [3.05, 3.63) is 36.4 Å². The van der Waals surface area contributed by atoms with E-state index in [0.717, 1.165) is 5.75 Å². The number of carbonyl (C=O) groups excluding carboxylic acids is 2. The van der Waals surface area contributed by atoms with Crippen molar-refractivity contribution in [1.82, 2.24) is 0 Å². The summed E-state index contributed by atoms with van der Waals surface area (Å²) in [6, 6.07) is 7.28. The maximum atomic E-state index is 13.0. The molecule has 5 aliphatic rings. The molecule has 1 aromatic carbocycles. The zero-order valence-electron chi connectivity index (χ0n) is 13.0. The molecular formula is C19H19NO3. The van der Waals surface area contributed by atoms with E-state index in [1.807, 2.05) is 31.2 Å². The highest BCUT2D eigenvalue weighted by molar-refractivity contribution is 6.22. The van der Waals surface area contributed by atoms with Crippen LogP contribution in [0.5, 0.6) is 5.75 Å². The molecule has 4 aliphatic carbocycles. The summed E-state index contributed by atoms with van der Waals surface area (Å²) in [4.78, 5) is 27.3. The molecule has 118 valence electrons. The van der Waals surface area contributed by atoms with Gasteiger partial charge in [0.1, 0.15) is 5.75 Å². The van der Waals surface area contributed by atoms with Crippen LogP contribution in [0.1, 0.15) is 13.3 Å². The Morgan fingerprint density at radius 1 is 1.00 bits per heavy atom. The number of allylic oxidation sites excluding steroid dienone is 2. The first-order chi connectivity index (χ1) is 11.2. The SMILES string of the molecule is CCOc1ccc(N2C(=O)[C@H]3[C@@H]4C=C[C@H]([C@@H]5C[C@H]45)[C@@H]3C2=O)cc1. The minimum absolute atomic E-state index is 0.00569. The van der Waals surface area contributed by atoms with E-state index in [4.69, 9.17) is 4.74 Å². The van der Waals surface area contributed by atoms with Crippen LogP contribution in [0, 0.1) is 35.5 Å². The van der Waals surface area contributed by atoms with E-state index in [1.54, 1.807) is 0 Å². The highest BCUT2D eigenvalue weighted by atomic mass is 16.5. The predicted molar refractivity (Wildman–Crippen MR) is 84.8 cm³/mol. The van der Waals surface area contributed by atoms with Gasteiger partial charge in [-0.05, 0) is 61.3 Å². The van der Waals surface area contributed by atoms with Crippen LogP contribution in [-0.4, -0.2) is 18.4 Å². The third kappa shape index (κ3) is 1.66. The van der Waals surface area contributed by atoms with Crippen molar-refractivity contribution < 1.29 is 14.3 Å². The fourth-order valence-electron chi connectivity index (χ4n) is 5.07. The second-order valence-electron chi connectivity index (χ2n) is 7.09. The molecule has 0 N–H and O–H groups in total. The Hall–Kier alpha value is -2.10. The summed E-state index contributed by atoms with van der Waals surface area (Å²) < 4.78 is 5.44. The lowest BCUT2D eigenvalue weighted by Gasteiger charge is -2.37. The summed E-state index contributed by atoms with van der Waals surface area (Å²) in [7, 11) is 0. The van der Waals surface area contributed by atoms with E-state index < -0.39 is 0 Å². The summed E-state index contributed by atoms with van der Waals surface area (Å²) >= 11 is 0. The molecule has 23 heavy (non-hydrogen) atoms. The number of carbonyl (C=O) groups is 2. The Morgan fingerprint density at radius 2 is 1.57 bits per heavy atom. The third-order valence-corrected chi connectivity index (χ3v) is 6.07. The topological polar surface area (TPSA) is 46.6 Å². The van der Waals surface area contributed by atoms with Crippen LogP contribution in [0.2, 0.25) is 0 Å². The van der Waals surface area contributed by atoms with E-state index >= 15 is 0 Å². The van der Waals surface area contributed by atoms with Crippen molar-refractivity contribution in [3.63, 3.8) is 0 Å². The van der Waals surface area contributed by atoms with Crippen molar-refractivity contribution in [1.29, 1.82) is 0 Å². The first-order valence-electron chi connectivity index (χ1n) is 8.49. The van der Waals surface area contributed by atoms with Crippen LogP contribution in [0.25, 0.3) is 0 Å². The number of hydrogen-bond acceptors (Lipinski definition) is 3. The van der Waals surface area contributed by atoms with Gasteiger partial charge in [-0.15, -0.1) is 0 Å². The van der Waals surface area contributed by atoms with Crippen molar-refractivity contribution in [2.45, 2.75) is 13.3 Å². The van der Waals surface area contributed by atoms with Crippen molar-refractivity contribution >= 4 is 17.5 Å². The lowest BCUT2D eigenvalue weighted by molar-refractivity contribution is -0.124. The fraction of sp³-hybridized carbons (Fsp3) is 0.474. The van der Waals surface area contributed by atoms with E-state index in [-0.39, 0.29) is 35.5 Å². The van der Waals surface area contributed by atoms with Gasteiger partial charge in [0.15, 0.2) is 0 Å². The van der Waals surface area contributed by atoms with Crippen LogP contribution in [0.15, 0.2) is 36.4 Å². The number of rotatable bonds is 3. The highest BCUT2D eigenvalue weighted by Gasteiger charge is 2.67. The molecule has 1 aromatic rings. The first kappa shape index (κ1) is 13.3. The van der Waals surface area contributed by atoms with Gasteiger partial charge in [-0.1, -0.05) is 12.2 Å². The fourth-order valence-corrected chi connectivity index (χ4v) is 5.07. The number of imide groups is 1. The van der Waals surface area contributed by atoms with Crippen LogP contribution >= 0.6 is 0 Å². The molecule has 0 spiro atoms. The second-order valence-corrected chi connectivity index (χ2v) is 7.09. The van der Waals surface area contributed by atoms with Crippen LogP contribution < -0.4 is 9.64 Å². The number of amides is 2. The minimum Gasteiger partial charge on any atom is -0.494 e. The van der Waals surface area contributed by atoms with Gasteiger partial charge in [0, 0.05) is 0 Å². The number of ether oxygens (including phenoxy) is 1. The summed E-state index contributed by atoms with van der Waals surface area (Å²) in [5.74, 6) is 2.32. The molecule has 2 saturated carbocycles. The van der Waals surface area contributed by atoms with Gasteiger partial charge in [-0.3, -0.25) is 14.5 Å². The second kappa shape index (κ2) is 4.47. The smallest absolute Gasteiger partial charge is 0.238 e. The zero-order valence-corrected chi connectivity index (χ0v) is 13.0. The molecule has 2 amide bonds. The predicted octanol–water partition coefficient (Wildman–Crippen LogP) is 2.64. The van der Waals surface area contributed by atoms with Gasteiger partial charge >= 0.3 is 0 Å². The standard InChI is InChI=1S/C19H19NO3/c1-2-23-11-5-3-10(4-6-11)20-18(21)16-12-7-8-13(15-9-14(12)15)17(16)19(20)22/h3-8,12-17H,2,9H2,1H3/t12-,13-,14-,15+,16+,17+/m1/s1. The normalized spacial score (nSPS) is 39.4. The number of hydrogen-bond donors (Lipinski definition) is 0. The Labute approximate surface area is 135 Å². The van der Waals surface area contributed by atoms with E-state index in [1.165, 1.54) is 11.3 Å². The van der Waals surface area contributed by atoms with Crippen LogP contribution in [-0.2, 0) is 9.59 Å². The van der Waals surface area contributed by atoms with Gasteiger partial charge in [0.25, 0.3) is 0 Å². The Balaban J connectivity index is 1.49. The molecule has 1 aliphatic heterocycles. The molecule has 1 heterocycles. The molecule has 0 radical (unpaired) electrons. The lowest BCUT2D eigenvalue weighted by atomic mass is 9.63. The highest BCUT2D eigenvalue weighted by Crippen LogP contribution is 2.65. The molecule has 0 unspecified atom stereocenters. The van der Waals surface area contributed by atoms with Crippen molar-refractivity contribution in [2.24, 2.45) is 35.5 Å². The summed E-state index contributed by atoms with van der Waals surface area (Å²) in [5, 5.41) is 0. The van der Waals surface area contributed by atoms with Crippen molar-refractivity contribution in [3.8, 4) is 5.75 Å². The van der Waals surface area contributed by atoms with Gasteiger partial charge in [0.05, 0.1) is 24.1 Å². The Kier molecular flexibility index (Phi) is 2.59. The third-order valence-electron chi connectivity index (χ3n) is 6.07. The van der Waals surface area contributed by atoms with Crippen molar-refractivity contribution in [2.75, 3.05) is 11.5 Å². The molecule has 4 nitrogen and oxygen atoms in total. The average molecular weight is 309 g/mol. The monoisotopic (exact) mass is 309 g/mol. The van der Waals surface area contributed by atoms with Gasteiger partial charge in [-0.25, -0.2) is 0 Å². The molecule has 4 heteroatoms. The maximum absolute atomic E-state index is 13.0. The van der Waals surface area contributed by atoms with E-state index in [2.05, 4.69) is 12.2 Å². The summed E-state index contributed by atoms with van der Waals surface area (Å²) in [5.41, 5.74) is 0.672. The van der Waals surface area contributed by atoms with Crippen LogP contribution in [0.4, 0.5) is 5.69 Å². The average Bonchev–Trinajstić information content (AvgIpc) is 3.34. The van der Waals surface area contributed by atoms with E-state index in [0.29, 0.717) is 24.1 Å². The van der Waals surface area contributed by atoms with Crippen LogP contribution in [0.3, 0.4) is 0 Å². The minimum atomic E-state index is -0.132. The lowest BCUT2D eigenvalue weighted by Crippen LogP contribution is -2.40. The summed E-state index contributed by atoms with van der Waals surface area (Å²) in [6.45, 7) is 2.53. The molecule has 6 rings (SSSR count). The molecule has 6 atom stereocenters. The molecular weight excluding hydrogens is 290 g/mol. The number of anilines is 1.